The Morgan fingerprint density at radius 1 is 1.35 bits per heavy atom. The minimum atomic E-state index is 0.620. The van der Waals surface area contributed by atoms with E-state index in [1.165, 1.54) is 4.88 Å². The lowest BCUT2D eigenvalue weighted by Gasteiger charge is -2.06. The lowest BCUT2D eigenvalue weighted by atomic mass is 10.1. The first kappa shape index (κ1) is 12.6. The third-order valence-electron chi connectivity index (χ3n) is 2.93. The Bertz CT molecular complexity index is 801. The monoisotopic (exact) mass is 280 g/mol. The Labute approximate surface area is 120 Å². The Morgan fingerprint density at radius 2 is 2.20 bits per heavy atom. The van der Waals surface area contributed by atoms with Gasteiger partial charge in [0, 0.05) is 16.5 Å². The molecule has 0 unspecified atom stereocenters. The van der Waals surface area contributed by atoms with E-state index in [0.717, 1.165) is 15.9 Å². The number of benzene rings is 1. The van der Waals surface area contributed by atoms with Crippen molar-refractivity contribution in [3.8, 4) is 6.07 Å². The third-order valence-corrected chi connectivity index (χ3v) is 3.84. The highest BCUT2D eigenvalue weighted by Gasteiger charge is 2.05. The van der Waals surface area contributed by atoms with Gasteiger partial charge in [-0.15, -0.1) is 11.3 Å². The number of nitriles is 1. The highest BCUT2D eigenvalue weighted by atomic mass is 32.1. The molecule has 0 aliphatic carbocycles. The Hall–Kier alpha value is -2.45. The van der Waals surface area contributed by atoms with Gasteiger partial charge in [-0.2, -0.15) is 5.26 Å². The van der Waals surface area contributed by atoms with Gasteiger partial charge in [0.2, 0.25) is 0 Å². The summed E-state index contributed by atoms with van der Waals surface area (Å²) in [6.45, 7) is 2.65. The molecule has 0 aliphatic heterocycles. The smallest absolute Gasteiger partial charge is 0.128 e. The molecule has 3 aromatic rings. The summed E-state index contributed by atoms with van der Waals surface area (Å²) in [5, 5.41) is 14.4. The van der Waals surface area contributed by atoms with Crippen LogP contribution in [-0.2, 0) is 6.54 Å². The van der Waals surface area contributed by atoms with Gasteiger partial charge in [-0.25, -0.2) is 9.97 Å². The van der Waals surface area contributed by atoms with Crippen LogP contribution in [0.1, 0.15) is 15.4 Å². The molecule has 1 aromatic carbocycles. The van der Waals surface area contributed by atoms with Crippen LogP contribution in [0.2, 0.25) is 0 Å². The number of para-hydroxylation sites is 1. The number of aromatic nitrogens is 2. The van der Waals surface area contributed by atoms with Crippen LogP contribution in [0.3, 0.4) is 0 Å². The fourth-order valence-electron chi connectivity index (χ4n) is 2.01. The fourth-order valence-corrected chi connectivity index (χ4v) is 2.73. The number of hydrogen-bond donors (Lipinski definition) is 1. The number of pyridine rings is 1. The maximum absolute atomic E-state index is 9.23. The van der Waals surface area contributed by atoms with E-state index >= 15 is 0 Å². The van der Waals surface area contributed by atoms with Crippen LogP contribution >= 0.6 is 11.3 Å². The summed E-state index contributed by atoms with van der Waals surface area (Å²) in [6, 6.07) is 11.7. The summed E-state index contributed by atoms with van der Waals surface area (Å²) >= 11 is 1.65. The number of nitrogens with zero attached hydrogens (tertiary/aromatic N) is 3. The van der Waals surface area contributed by atoms with Crippen molar-refractivity contribution in [1.82, 2.24) is 9.97 Å². The molecule has 0 spiro atoms. The van der Waals surface area contributed by atoms with Crippen molar-refractivity contribution in [2.75, 3.05) is 5.32 Å². The van der Waals surface area contributed by atoms with Crippen molar-refractivity contribution in [1.29, 1.82) is 5.26 Å². The molecule has 4 nitrogen and oxygen atoms in total. The lowest BCUT2D eigenvalue weighted by Crippen LogP contribution is -2.01. The maximum Gasteiger partial charge on any atom is 0.128 e. The highest BCUT2D eigenvalue weighted by molar-refractivity contribution is 7.11. The van der Waals surface area contributed by atoms with E-state index in [0.29, 0.717) is 17.9 Å². The molecule has 0 fully saturated rings. The van der Waals surface area contributed by atoms with Gasteiger partial charge in [-0.3, -0.25) is 0 Å². The number of nitrogens with one attached hydrogen (secondary N) is 1. The van der Waals surface area contributed by atoms with Crippen molar-refractivity contribution in [3.05, 3.63) is 52.0 Å². The zero-order valence-electron chi connectivity index (χ0n) is 10.9. The molecule has 20 heavy (non-hydrogen) atoms. The van der Waals surface area contributed by atoms with E-state index in [-0.39, 0.29) is 0 Å². The van der Waals surface area contributed by atoms with Crippen molar-refractivity contribution in [3.63, 3.8) is 0 Å². The first-order valence-electron chi connectivity index (χ1n) is 6.21. The van der Waals surface area contributed by atoms with Crippen LogP contribution in [0, 0.1) is 18.3 Å². The first-order chi connectivity index (χ1) is 9.76. The normalized spacial score (nSPS) is 10.4. The molecule has 1 N–H and O–H groups in total. The Kier molecular flexibility index (Phi) is 3.32. The molecule has 0 aliphatic rings. The van der Waals surface area contributed by atoms with Crippen molar-refractivity contribution >= 4 is 28.1 Å². The Balaban J connectivity index is 1.90. The average molecular weight is 280 g/mol. The van der Waals surface area contributed by atoms with Crippen molar-refractivity contribution in [2.45, 2.75) is 13.5 Å². The van der Waals surface area contributed by atoms with Gasteiger partial charge in [-0.1, -0.05) is 18.2 Å². The van der Waals surface area contributed by atoms with Crippen LogP contribution in [0.5, 0.6) is 0 Å². The Morgan fingerprint density at radius 3 is 2.95 bits per heavy atom. The van der Waals surface area contributed by atoms with E-state index in [1.54, 1.807) is 17.4 Å². The second-order valence-electron chi connectivity index (χ2n) is 4.40. The molecule has 0 saturated carbocycles. The number of aryl methyl sites for hydroxylation is 1. The largest absolute Gasteiger partial charge is 0.364 e. The molecule has 0 atom stereocenters. The minimum Gasteiger partial charge on any atom is -0.364 e. The van der Waals surface area contributed by atoms with Gasteiger partial charge in [0.1, 0.15) is 10.8 Å². The molecular formula is C15H12N4S. The van der Waals surface area contributed by atoms with E-state index in [1.807, 2.05) is 37.4 Å². The summed E-state index contributed by atoms with van der Waals surface area (Å²) in [5.41, 5.74) is 1.46. The molecule has 0 bridgehead atoms. The van der Waals surface area contributed by atoms with E-state index in [9.17, 15) is 5.26 Å². The standard InChI is InChI=1S/C15H12N4S/c1-10-8-18-15(20-10)9-17-14-6-11(7-16)12-4-2-3-5-13(12)19-14/h2-6,8H,9H2,1H3,(H,17,19). The third kappa shape index (κ3) is 2.46. The van der Waals surface area contributed by atoms with E-state index in [4.69, 9.17) is 0 Å². The molecule has 0 amide bonds. The second kappa shape index (κ2) is 5.27. The molecule has 2 heterocycles. The van der Waals surface area contributed by atoms with E-state index < -0.39 is 0 Å². The summed E-state index contributed by atoms with van der Waals surface area (Å²) in [6.07, 6.45) is 1.86. The quantitative estimate of drug-likeness (QED) is 0.797. The summed E-state index contributed by atoms with van der Waals surface area (Å²) < 4.78 is 0. The first-order valence-corrected chi connectivity index (χ1v) is 7.03. The number of fused-ring (bicyclic) bond motifs is 1. The predicted molar refractivity (Wildman–Crippen MR) is 80.6 cm³/mol. The van der Waals surface area contributed by atoms with Gasteiger partial charge in [0.05, 0.1) is 23.7 Å². The second-order valence-corrected chi connectivity index (χ2v) is 5.72. The number of hydrogen-bond acceptors (Lipinski definition) is 5. The van der Waals surface area contributed by atoms with Crippen LogP contribution in [-0.4, -0.2) is 9.97 Å². The van der Waals surface area contributed by atoms with Crippen molar-refractivity contribution in [2.24, 2.45) is 0 Å². The fraction of sp³-hybridized carbons (Fsp3) is 0.133. The van der Waals surface area contributed by atoms with Gasteiger partial charge >= 0.3 is 0 Å². The van der Waals surface area contributed by atoms with Crippen molar-refractivity contribution < 1.29 is 0 Å². The van der Waals surface area contributed by atoms with Crippen LogP contribution in [0.15, 0.2) is 36.5 Å². The summed E-state index contributed by atoms with van der Waals surface area (Å²) in [5.74, 6) is 0.702. The van der Waals surface area contributed by atoms with Crippen LogP contribution < -0.4 is 5.32 Å². The summed E-state index contributed by atoms with van der Waals surface area (Å²) in [7, 11) is 0. The topological polar surface area (TPSA) is 61.6 Å². The molecule has 0 radical (unpaired) electrons. The number of anilines is 1. The SMILES string of the molecule is Cc1cnc(CNc2cc(C#N)c3ccccc3n2)s1. The zero-order valence-corrected chi connectivity index (χ0v) is 11.7. The van der Waals surface area contributed by atoms with Gasteiger partial charge in [0.25, 0.3) is 0 Å². The maximum atomic E-state index is 9.23. The predicted octanol–water partition coefficient (Wildman–Crippen LogP) is 3.48. The molecule has 2 aromatic heterocycles. The number of thiazole rings is 1. The molecule has 98 valence electrons. The average Bonchev–Trinajstić information content (AvgIpc) is 2.90. The van der Waals surface area contributed by atoms with Gasteiger partial charge < -0.3 is 5.32 Å². The number of rotatable bonds is 3. The summed E-state index contributed by atoms with van der Waals surface area (Å²) in [4.78, 5) is 10.0. The van der Waals surface area contributed by atoms with Crippen LogP contribution in [0.4, 0.5) is 5.82 Å². The van der Waals surface area contributed by atoms with Gasteiger partial charge in [-0.05, 0) is 19.1 Å². The molecule has 5 heteroatoms. The molecular weight excluding hydrogens is 268 g/mol. The molecule has 0 saturated heterocycles. The zero-order chi connectivity index (χ0) is 13.9. The van der Waals surface area contributed by atoms with E-state index in [2.05, 4.69) is 21.4 Å². The minimum absolute atomic E-state index is 0.620. The molecule has 3 rings (SSSR count). The highest BCUT2D eigenvalue weighted by Crippen LogP contribution is 2.21. The lowest BCUT2D eigenvalue weighted by molar-refractivity contribution is 1.08. The van der Waals surface area contributed by atoms with Crippen LogP contribution in [0.25, 0.3) is 10.9 Å². The van der Waals surface area contributed by atoms with Gasteiger partial charge in [0.15, 0.2) is 0 Å².